The van der Waals surface area contributed by atoms with Crippen LogP contribution in [0.15, 0.2) is 48.6 Å². The normalized spacial score (nSPS) is 12.9. The van der Waals surface area contributed by atoms with Gasteiger partial charge in [0.05, 0.1) is 13.2 Å². The Morgan fingerprint density at radius 3 is 1.56 bits per heavy atom. The summed E-state index contributed by atoms with van der Waals surface area (Å²) in [6, 6.07) is -1.38. The number of carbonyl (C=O) groups is 4. The van der Waals surface area contributed by atoms with E-state index in [-0.39, 0.29) is 24.5 Å². The number of carboxylic acids is 1. The zero-order chi connectivity index (χ0) is 40.5. The van der Waals surface area contributed by atoms with E-state index >= 15 is 0 Å². The van der Waals surface area contributed by atoms with Gasteiger partial charge in [-0.25, -0.2) is 4.79 Å². The van der Waals surface area contributed by atoms with Gasteiger partial charge in [-0.1, -0.05) is 152 Å². The standard InChI is InChI=1S/C46H80N2O7/c1-3-5-7-9-11-13-14-15-16-17-18-19-20-21-22-23-25-30-34-38-45(52)55-41(35-31-27-24-12-10-8-6-4-2)36-32-28-26-29-33-37-43(50)47-39-44(51)48-42(40-49)46(53)54/h5,7,11,13,15-16,18-19,41-42,49H,3-4,6,8-10,12,14,17,20-40H2,1-2H3,(H,47,50)(H,48,51)(H,53,54)/b7-5-,13-11-,16-15-,19-18-. The number of aliphatic hydroxyl groups excluding tert-OH is 1. The molecule has 316 valence electrons. The highest BCUT2D eigenvalue weighted by atomic mass is 16.5. The number of hydrogen-bond acceptors (Lipinski definition) is 6. The molecule has 0 heterocycles. The summed E-state index contributed by atoms with van der Waals surface area (Å²) in [5.74, 6) is -2.31. The van der Waals surface area contributed by atoms with Gasteiger partial charge < -0.3 is 25.6 Å². The second kappa shape index (κ2) is 40.5. The highest BCUT2D eigenvalue weighted by molar-refractivity contribution is 5.87. The van der Waals surface area contributed by atoms with Gasteiger partial charge in [0.1, 0.15) is 12.1 Å². The monoisotopic (exact) mass is 773 g/mol. The predicted molar refractivity (Wildman–Crippen MR) is 227 cm³/mol. The molecule has 0 aromatic heterocycles. The maximum absolute atomic E-state index is 12.8. The quantitative estimate of drug-likeness (QED) is 0.0277. The van der Waals surface area contributed by atoms with Gasteiger partial charge in [-0.15, -0.1) is 0 Å². The molecule has 0 aromatic carbocycles. The van der Waals surface area contributed by atoms with Crippen molar-refractivity contribution in [2.45, 2.75) is 206 Å². The Morgan fingerprint density at radius 2 is 1.04 bits per heavy atom. The molecular formula is C46H80N2O7. The minimum atomic E-state index is -1.38. The third kappa shape index (κ3) is 37.5. The van der Waals surface area contributed by atoms with Crippen molar-refractivity contribution in [2.75, 3.05) is 13.2 Å². The molecule has 0 aliphatic heterocycles. The van der Waals surface area contributed by atoms with E-state index in [2.05, 4.69) is 73.1 Å². The van der Waals surface area contributed by atoms with Crippen molar-refractivity contribution in [3.8, 4) is 0 Å². The van der Waals surface area contributed by atoms with Crippen molar-refractivity contribution in [3.05, 3.63) is 48.6 Å². The van der Waals surface area contributed by atoms with Crippen LogP contribution in [0.2, 0.25) is 0 Å². The molecule has 0 radical (unpaired) electrons. The summed E-state index contributed by atoms with van der Waals surface area (Å²) >= 11 is 0. The molecule has 0 bridgehead atoms. The fourth-order valence-electron chi connectivity index (χ4n) is 6.24. The topological polar surface area (TPSA) is 142 Å². The van der Waals surface area contributed by atoms with Crippen LogP contribution in [0.4, 0.5) is 0 Å². The molecule has 0 spiro atoms. The zero-order valence-corrected chi connectivity index (χ0v) is 34.9. The molecule has 0 rings (SSSR count). The molecule has 2 atom stereocenters. The SMILES string of the molecule is CC/C=C\C/C=C\C/C=C\C/C=C\CCCCCCCCC(=O)OC(CCCCCCCCCC)CCCCCCCC(=O)NCC(=O)NC(CO)C(=O)O. The number of esters is 1. The van der Waals surface area contributed by atoms with Crippen molar-refractivity contribution in [1.29, 1.82) is 0 Å². The van der Waals surface area contributed by atoms with Crippen LogP contribution in [-0.2, 0) is 23.9 Å². The Kier molecular flexibility index (Phi) is 38.1. The highest BCUT2D eigenvalue weighted by Crippen LogP contribution is 2.19. The first-order valence-corrected chi connectivity index (χ1v) is 22.0. The van der Waals surface area contributed by atoms with Crippen LogP contribution in [0.25, 0.3) is 0 Å². The summed E-state index contributed by atoms with van der Waals surface area (Å²) in [6.07, 6.45) is 47.1. The second-order valence-corrected chi connectivity index (χ2v) is 14.8. The highest BCUT2D eigenvalue weighted by Gasteiger charge is 2.19. The lowest BCUT2D eigenvalue weighted by molar-refractivity contribution is -0.150. The van der Waals surface area contributed by atoms with Crippen molar-refractivity contribution in [2.24, 2.45) is 0 Å². The number of carbonyl (C=O) groups excluding carboxylic acids is 3. The Balaban J connectivity index is 4.21. The Labute approximate surface area is 335 Å². The third-order valence-electron chi connectivity index (χ3n) is 9.59. The van der Waals surface area contributed by atoms with E-state index in [1.54, 1.807) is 0 Å². The van der Waals surface area contributed by atoms with Crippen LogP contribution >= 0.6 is 0 Å². The summed E-state index contributed by atoms with van der Waals surface area (Å²) < 4.78 is 6.01. The summed E-state index contributed by atoms with van der Waals surface area (Å²) in [6.45, 7) is 3.36. The Bertz CT molecular complexity index is 1070. The van der Waals surface area contributed by atoms with Crippen LogP contribution in [0.1, 0.15) is 194 Å². The van der Waals surface area contributed by atoms with Gasteiger partial charge >= 0.3 is 11.9 Å². The molecule has 0 aliphatic carbocycles. The van der Waals surface area contributed by atoms with Crippen LogP contribution in [0.3, 0.4) is 0 Å². The second-order valence-electron chi connectivity index (χ2n) is 14.8. The van der Waals surface area contributed by atoms with Gasteiger partial charge in [0.25, 0.3) is 0 Å². The van der Waals surface area contributed by atoms with Crippen molar-refractivity contribution in [3.63, 3.8) is 0 Å². The lowest BCUT2D eigenvalue weighted by Gasteiger charge is -2.18. The predicted octanol–water partition coefficient (Wildman–Crippen LogP) is 10.8. The van der Waals surface area contributed by atoms with Crippen molar-refractivity contribution in [1.82, 2.24) is 10.6 Å². The van der Waals surface area contributed by atoms with Crippen LogP contribution < -0.4 is 10.6 Å². The van der Waals surface area contributed by atoms with E-state index < -0.39 is 24.5 Å². The first kappa shape index (κ1) is 51.8. The minimum Gasteiger partial charge on any atom is -0.480 e. The summed E-state index contributed by atoms with van der Waals surface area (Å²) in [5, 5.41) is 22.5. The molecule has 0 saturated heterocycles. The van der Waals surface area contributed by atoms with Crippen molar-refractivity contribution < 1.29 is 34.1 Å². The largest absolute Gasteiger partial charge is 0.480 e. The molecule has 2 unspecified atom stereocenters. The number of aliphatic hydroxyl groups is 1. The van der Waals surface area contributed by atoms with Gasteiger partial charge in [-0.2, -0.15) is 0 Å². The average molecular weight is 773 g/mol. The van der Waals surface area contributed by atoms with Gasteiger partial charge in [0.15, 0.2) is 0 Å². The number of hydrogen-bond donors (Lipinski definition) is 4. The number of aliphatic carboxylic acids is 1. The number of amides is 2. The lowest BCUT2D eigenvalue weighted by Crippen LogP contribution is -2.47. The number of allylic oxidation sites excluding steroid dienone is 8. The smallest absolute Gasteiger partial charge is 0.328 e. The van der Waals surface area contributed by atoms with Gasteiger partial charge in [0, 0.05) is 12.8 Å². The number of nitrogens with one attached hydrogen (secondary N) is 2. The third-order valence-corrected chi connectivity index (χ3v) is 9.59. The Hall–Kier alpha value is -3.20. The van der Waals surface area contributed by atoms with Crippen LogP contribution in [-0.4, -0.2) is 59.3 Å². The van der Waals surface area contributed by atoms with E-state index in [1.165, 1.54) is 64.2 Å². The molecule has 2 amide bonds. The van der Waals surface area contributed by atoms with E-state index in [0.29, 0.717) is 19.3 Å². The molecule has 0 saturated carbocycles. The number of ether oxygens (including phenoxy) is 1. The van der Waals surface area contributed by atoms with Crippen molar-refractivity contribution >= 4 is 23.8 Å². The molecule has 9 nitrogen and oxygen atoms in total. The molecule has 55 heavy (non-hydrogen) atoms. The van der Waals surface area contributed by atoms with Crippen LogP contribution in [0, 0.1) is 0 Å². The summed E-state index contributed by atoms with van der Waals surface area (Å²) in [7, 11) is 0. The fourth-order valence-corrected chi connectivity index (χ4v) is 6.24. The minimum absolute atomic E-state index is 0.0190. The fraction of sp³-hybridized carbons (Fsp3) is 0.739. The molecule has 0 aliphatic rings. The maximum atomic E-state index is 12.8. The number of carboxylic acid groups (broad SMARTS) is 1. The van der Waals surface area contributed by atoms with Crippen LogP contribution in [0.5, 0.6) is 0 Å². The summed E-state index contributed by atoms with van der Waals surface area (Å²) in [4.78, 5) is 47.5. The molecule has 4 N–H and O–H groups in total. The van der Waals surface area contributed by atoms with E-state index in [1.807, 2.05) is 0 Å². The first-order chi connectivity index (χ1) is 26.8. The molecule has 0 aromatic rings. The first-order valence-electron chi connectivity index (χ1n) is 22.0. The number of rotatable bonds is 39. The van der Waals surface area contributed by atoms with E-state index in [9.17, 15) is 19.2 Å². The Morgan fingerprint density at radius 1 is 0.564 bits per heavy atom. The molecular weight excluding hydrogens is 693 g/mol. The average Bonchev–Trinajstić information content (AvgIpc) is 3.17. The summed E-state index contributed by atoms with van der Waals surface area (Å²) in [5.41, 5.74) is 0. The molecule has 9 heteroatoms. The van der Waals surface area contributed by atoms with Gasteiger partial charge in [-0.3, -0.25) is 14.4 Å². The zero-order valence-electron chi connectivity index (χ0n) is 34.9. The van der Waals surface area contributed by atoms with Gasteiger partial charge in [0.2, 0.25) is 11.8 Å². The van der Waals surface area contributed by atoms with E-state index in [4.69, 9.17) is 14.9 Å². The maximum Gasteiger partial charge on any atom is 0.328 e. The number of unbranched alkanes of at least 4 members (excludes halogenated alkanes) is 17. The van der Waals surface area contributed by atoms with Gasteiger partial charge in [-0.05, 0) is 77.0 Å². The van der Waals surface area contributed by atoms with E-state index in [0.717, 1.165) is 96.3 Å². The molecule has 0 fully saturated rings. The lowest BCUT2D eigenvalue weighted by atomic mass is 10.0.